The number of benzene rings is 2. The molecule has 1 heterocycles. The number of hydrogen-bond acceptors (Lipinski definition) is 4. The molecule has 2 N–H and O–H groups in total. The second-order valence-electron chi connectivity index (χ2n) is 7.62. The Bertz CT molecular complexity index is 1150. The molecule has 1 aromatic heterocycles. The average molecular weight is 458 g/mol. The highest BCUT2D eigenvalue weighted by atomic mass is 19.1. The normalized spacial score (nSPS) is 12.4. The standard InChI is InChI=1S/C25H25F3N2O3/c1-33-19-8-10-24-21(13-19)20(23(28)15-30-24)6-2-4-17(25(31)32)14-29-11-3-5-16-12-18(26)7-9-22(16)27/h3,5,7-10,12-13,15,17,29H,2,4,6,11,14H2,1H3,(H,31,32)/b5-3+/t17-/m0/s1. The molecule has 3 rings (SSSR count). The van der Waals surface area contributed by atoms with E-state index in [2.05, 4.69) is 10.3 Å². The van der Waals surface area contributed by atoms with Crippen molar-refractivity contribution in [1.29, 1.82) is 0 Å². The first-order chi connectivity index (χ1) is 15.9. The summed E-state index contributed by atoms with van der Waals surface area (Å²) in [7, 11) is 1.53. The fraction of sp³-hybridized carbons (Fsp3) is 0.280. The van der Waals surface area contributed by atoms with Gasteiger partial charge in [-0.1, -0.05) is 12.2 Å². The van der Waals surface area contributed by atoms with Crippen LogP contribution in [-0.4, -0.2) is 36.3 Å². The molecule has 174 valence electrons. The van der Waals surface area contributed by atoms with Gasteiger partial charge in [-0.3, -0.25) is 9.78 Å². The molecule has 33 heavy (non-hydrogen) atoms. The highest BCUT2D eigenvalue weighted by Gasteiger charge is 2.18. The number of nitrogens with zero attached hydrogens (tertiary/aromatic N) is 1. The van der Waals surface area contributed by atoms with Gasteiger partial charge in [-0.05, 0) is 61.2 Å². The number of carboxylic acids is 1. The third-order valence-electron chi connectivity index (χ3n) is 5.37. The number of aliphatic carboxylic acids is 1. The van der Waals surface area contributed by atoms with Crippen molar-refractivity contribution >= 4 is 22.9 Å². The van der Waals surface area contributed by atoms with Gasteiger partial charge in [-0.15, -0.1) is 0 Å². The maximum Gasteiger partial charge on any atom is 0.307 e. The zero-order valence-corrected chi connectivity index (χ0v) is 18.2. The number of fused-ring (bicyclic) bond motifs is 1. The number of pyridine rings is 1. The first-order valence-electron chi connectivity index (χ1n) is 10.5. The lowest BCUT2D eigenvalue weighted by Gasteiger charge is -2.14. The van der Waals surface area contributed by atoms with Gasteiger partial charge in [-0.2, -0.15) is 0 Å². The van der Waals surface area contributed by atoms with E-state index in [1.54, 1.807) is 24.3 Å². The molecule has 5 nitrogen and oxygen atoms in total. The number of nitrogens with one attached hydrogen (secondary N) is 1. The van der Waals surface area contributed by atoms with Crippen LogP contribution < -0.4 is 10.1 Å². The number of methoxy groups -OCH3 is 1. The van der Waals surface area contributed by atoms with E-state index in [1.165, 1.54) is 19.4 Å². The molecule has 0 aliphatic rings. The van der Waals surface area contributed by atoms with Crippen LogP contribution in [0.1, 0.15) is 24.0 Å². The molecule has 0 amide bonds. The molecule has 0 aliphatic carbocycles. The first kappa shape index (κ1) is 24.3. The molecule has 0 saturated carbocycles. The van der Waals surface area contributed by atoms with Crippen LogP contribution in [0.2, 0.25) is 0 Å². The van der Waals surface area contributed by atoms with Crippen molar-refractivity contribution in [3.8, 4) is 5.75 Å². The molecule has 8 heteroatoms. The number of aryl methyl sites for hydroxylation is 1. The Balaban J connectivity index is 1.55. The van der Waals surface area contributed by atoms with Crippen molar-refractivity contribution in [3.63, 3.8) is 0 Å². The third-order valence-corrected chi connectivity index (χ3v) is 5.37. The Morgan fingerprint density at radius 1 is 1.18 bits per heavy atom. The summed E-state index contributed by atoms with van der Waals surface area (Å²) < 4.78 is 46.4. The number of ether oxygens (including phenoxy) is 1. The number of carbonyl (C=O) groups is 1. The summed E-state index contributed by atoms with van der Waals surface area (Å²) in [5.41, 5.74) is 1.25. The predicted molar refractivity (Wildman–Crippen MR) is 121 cm³/mol. The fourth-order valence-corrected chi connectivity index (χ4v) is 3.59. The molecule has 0 fully saturated rings. The van der Waals surface area contributed by atoms with Gasteiger partial charge >= 0.3 is 5.97 Å². The lowest BCUT2D eigenvalue weighted by atomic mass is 9.97. The van der Waals surface area contributed by atoms with Crippen molar-refractivity contribution in [2.45, 2.75) is 19.3 Å². The van der Waals surface area contributed by atoms with E-state index < -0.39 is 29.3 Å². The minimum absolute atomic E-state index is 0.120. The highest BCUT2D eigenvalue weighted by molar-refractivity contribution is 5.83. The van der Waals surface area contributed by atoms with Crippen molar-refractivity contribution in [2.24, 2.45) is 5.92 Å². The van der Waals surface area contributed by atoms with E-state index >= 15 is 0 Å². The second-order valence-corrected chi connectivity index (χ2v) is 7.62. The van der Waals surface area contributed by atoms with Crippen LogP contribution in [0.4, 0.5) is 13.2 Å². The van der Waals surface area contributed by atoms with Crippen LogP contribution in [0.5, 0.6) is 5.75 Å². The van der Waals surface area contributed by atoms with E-state index in [9.17, 15) is 23.1 Å². The van der Waals surface area contributed by atoms with Crippen LogP contribution in [0.3, 0.4) is 0 Å². The average Bonchev–Trinajstić information content (AvgIpc) is 2.80. The number of hydrogen-bond donors (Lipinski definition) is 2. The molecule has 1 atom stereocenters. The first-order valence-corrected chi connectivity index (χ1v) is 10.5. The number of rotatable bonds is 11. The molecule has 0 bridgehead atoms. The van der Waals surface area contributed by atoms with Crippen LogP contribution >= 0.6 is 0 Å². The van der Waals surface area contributed by atoms with Crippen LogP contribution in [-0.2, 0) is 11.2 Å². The van der Waals surface area contributed by atoms with Gasteiger partial charge in [-0.25, -0.2) is 13.2 Å². The monoisotopic (exact) mass is 458 g/mol. The topological polar surface area (TPSA) is 71.5 Å². The van der Waals surface area contributed by atoms with Crippen molar-refractivity contribution in [1.82, 2.24) is 10.3 Å². The molecule has 0 saturated heterocycles. The highest BCUT2D eigenvalue weighted by Crippen LogP contribution is 2.26. The van der Waals surface area contributed by atoms with Gasteiger partial charge in [0.1, 0.15) is 23.2 Å². The maximum absolute atomic E-state index is 14.4. The minimum atomic E-state index is -0.954. The van der Waals surface area contributed by atoms with Gasteiger partial charge in [0, 0.05) is 24.0 Å². The molecular weight excluding hydrogens is 433 g/mol. The molecule has 3 aromatic rings. The predicted octanol–water partition coefficient (Wildman–Crippen LogP) is 4.99. The van der Waals surface area contributed by atoms with E-state index in [0.717, 1.165) is 18.2 Å². The Morgan fingerprint density at radius 3 is 2.76 bits per heavy atom. The van der Waals surface area contributed by atoms with Crippen molar-refractivity contribution < 1.29 is 27.8 Å². The smallest absolute Gasteiger partial charge is 0.307 e. The molecule has 0 radical (unpaired) electrons. The van der Waals surface area contributed by atoms with Gasteiger partial charge < -0.3 is 15.2 Å². The maximum atomic E-state index is 14.4. The fourth-order valence-electron chi connectivity index (χ4n) is 3.59. The SMILES string of the molecule is COc1ccc2ncc(F)c(CCC[C@@H](CNC/C=C/c3cc(F)ccc3F)C(=O)O)c2c1. The largest absolute Gasteiger partial charge is 0.497 e. The van der Waals surface area contributed by atoms with Gasteiger partial charge in [0.25, 0.3) is 0 Å². The van der Waals surface area contributed by atoms with Gasteiger partial charge in [0.15, 0.2) is 0 Å². The second kappa shape index (κ2) is 11.5. The lowest BCUT2D eigenvalue weighted by molar-refractivity contribution is -0.141. The quantitative estimate of drug-likeness (QED) is 0.396. The summed E-state index contributed by atoms with van der Waals surface area (Å²) >= 11 is 0. The van der Waals surface area contributed by atoms with Crippen LogP contribution in [0.15, 0.2) is 48.7 Å². The zero-order valence-electron chi connectivity index (χ0n) is 18.2. The summed E-state index contributed by atoms with van der Waals surface area (Å²) in [6, 6.07) is 8.41. The minimum Gasteiger partial charge on any atom is -0.497 e. The summed E-state index contributed by atoms with van der Waals surface area (Å²) in [6.45, 7) is 0.488. The molecular formula is C25H25F3N2O3. The Labute approximate surface area is 189 Å². The molecule has 0 spiro atoms. The molecule has 2 aromatic carbocycles. The molecule has 0 unspecified atom stereocenters. The summed E-state index contributed by atoms with van der Waals surface area (Å²) in [4.78, 5) is 15.7. The van der Waals surface area contributed by atoms with Gasteiger partial charge in [0.05, 0.1) is 24.7 Å². The van der Waals surface area contributed by atoms with E-state index in [1.807, 2.05) is 0 Å². The Hall–Kier alpha value is -3.39. The zero-order chi connectivity index (χ0) is 23.8. The third kappa shape index (κ3) is 6.55. The summed E-state index contributed by atoms with van der Waals surface area (Å²) in [6.07, 6.45) is 5.39. The summed E-state index contributed by atoms with van der Waals surface area (Å²) in [5.74, 6) is -2.54. The van der Waals surface area contributed by atoms with Crippen molar-refractivity contribution in [2.75, 3.05) is 20.2 Å². The van der Waals surface area contributed by atoms with E-state index in [-0.39, 0.29) is 12.1 Å². The lowest BCUT2D eigenvalue weighted by Crippen LogP contribution is -2.28. The van der Waals surface area contributed by atoms with Crippen molar-refractivity contribution in [3.05, 3.63) is 77.2 Å². The number of aromatic nitrogens is 1. The number of carboxylic acid groups (broad SMARTS) is 1. The number of halogens is 3. The van der Waals surface area contributed by atoms with Gasteiger partial charge in [0.2, 0.25) is 0 Å². The van der Waals surface area contributed by atoms with Crippen LogP contribution in [0.25, 0.3) is 17.0 Å². The summed E-state index contributed by atoms with van der Waals surface area (Å²) in [5, 5.41) is 13.2. The van der Waals surface area contributed by atoms with E-state index in [0.29, 0.717) is 48.0 Å². The van der Waals surface area contributed by atoms with Crippen LogP contribution in [0, 0.1) is 23.4 Å². The Kier molecular flexibility index (Phi) is 8.43. The molecule has 0 aliphatic heterocycles. The Morgan fingerprint density at radius 2 is 2.00 bits per heavy atom. The van der Waals surface area contributed by atoms with E-state index in [4.69, 9.17) is 4.74 Å².